The normalized spacial score (nSPS) is 10.2. The van der Waals surface area contributed by atoms with Crippen LogP contribution in [0.3, 0.4) is 0 Å². The summed E-state index contributed by atoms with van der Waals surface area (Å²) in [4.78, 5) is 21.3. The predicted molar refractivity (Wildman–Crippen MR) is 62.2 cm³/mol. The minimum Gasteiger partial charge on any atom is -0.484 e. The topological polar surface area (TPSA) is 78.6 Å². The van der Waals surface area contributed by atoms with E-state index in [9.17, 15) is 9.59 Å². The Labute approximate surface area is 98.8 Å². The lowest BCUT2D eigenvalue weighted by Gasteiger charge is -2.03. The van der Waals surface area contributed by atoms with Crippen molar-refractivity contribution in [2.75, 3.05) is 13.7 Å². The number of benzene rings is 1. The van der Waals surface area contributed by atoms with Crippen LogP contribution >= 0.6 is 0 Å². The molecule has 1 amide bonds. The Kier molecular flexibility index (Phi) is 4.75. The summed E-state index contributed by atoms with van der Waals surface area (Å²) < 4.78 is 9.54. The van der Waals surface area contributed by atoms with Crippen LogP contribution < -0.4 is 10.5 Å². The van der Waals surface area contributed by atoms with Crippen molar-refractivity contribution < 1.29 is 19.1 Å². The molecule has 0 atom stereocenters. The van der Waals surface area contributed by atoms with E-state index in [2.05, 4.69) is 4.74 Å². The average molecular weight is 235 g/mol. The largest absolute Gasteiger partial charge is 0.484 e. The summed E-state index contributed by atoms with van der Waals surface area (Å²) in [5.41, 5.74) is 5.76. The van der Waals surface area contributed by atoms with Crippen molar-refractivity contribution in [3.8, 4) is 5.75 Å². The van der Waals surface area contributed by atoms with E-state index in [0.29, 0.717) is 5.75 Å². The lowest BCUT2D eigenvalue weighted by atomic mass is 10.2. The summed E-state index contributed by atoms with van der Waals surface area (Å²) in [6.07, 6.45) is 2.93. The Bertz CT molecular complexity index is 423. The van der Waals surface area contributed by atoms with Crippen LogP contribution in [-0.2, 0) is 14.3 Å². The molecule has 0 spiro atoms. The minimum atomic E-state index is -0.528. The maximum atomic E-state index is 10.8. The summed E-state index contributed by atoms with van der Waals surface area (Å²) >= 11 is 0. The van der Waals surface area contributed by atoms with E-state index in [1.54, 1.807) is 30.3 Å². The number of hydrogen-bond donors (Lipinski definition) is 1. The fourth-order valence-corrected chi connectivity index (χ4v) is 1.06. The van der Waals surface area contributed by atoms with Crippen molar-refractivity contribution >= 4 is 18.0 Å². The van der Waals surface area contributed by atoms with Crippen molar-refractivity contribution in [2.24, 2.45) is 5.73 Å². The maximum Gasteiger partial charge on any atom is 0.330 e. The Morgan fingerprint density at radius 3 is 2.47 bits per heavy atom. The van der Waals surface area contributed by atoms with E-state index in [4.69, 9.17) is 10.5 Å². The van der Waals surface area contributed by atoms with Crippen LogP contribution in [0.5, 0.6) is 5.75 Å². The highest BCUT2D eigenvalue weighted by atomic mass is 16.5. The first-order valence-corrected chi connectivity index (χ1v) is 4.89. The number of rotatable bonds is 5. The molecular formula is C12H13NO4. The Balaban J connectivity index is 2.58. The van der Waals surface area contributed by atoms with Crippen molar-refractivity contribution in [2.45, 2.75) is 0 Å². The quantitative estimate of drug-likeness (QED) is 0.603. The van der Waals surface area contributed by atoms with Gasteiger partial charge in [0.2, 0.25) is 0 Å². The maximum absolute atomic E-state index is 10.8. The van der Waals surface area contributed by atoms with Crippen molar-refractivity contribution in [3.05, 3.63) is 35.9 Å². The molecule has 0 radical (unpaired) electrons. The van der Waals surface area contributed by atoms with Gasteiger partial charge in [-0.1, -0.05) is 12.1 Å². The number of amides is 1. The van der Waals surface area contributed by atoms with E-state index in [0.717, 1.165) is 5.56 Å². The number of methoxy groups -OCH3 is 1. The number of carbonyl (C=O) groups excluding carboxylic acids is 2. The third kappa shape index (κ3) is 4.83. The van der Waals surface area contributed by atoms with Gasteiger partial charge >= 0.3 is 5.97 Å². The van der Waals surface area contributed by atoms with Gasteiger partial charge in [-0.3, -0.25) is 4.79 Å². The summed E-state index contributed by atoms with van der Waals surface area (Å²) in [5.74, 6) is -0.405. The fraction of sp³-hybridized carbons (Fsp3) is 0.167. The molecule has 0 heterocycles. The Morgan fingerprint density at radius 1 is 1.29 bits per heavy atom. The number of carbonyl (C=O) groups is 2. The van der Waals surface area contributed by atoms with Gasteiger partial charge in [-0.15, -0.1) is 0 Å². The minimum absolute atomic E-state index is 0.155. The molecule has 90 valence electrons. The SMILES string of the molecule is COC(=O)/C=C/c1ccc(OCC(N)=O)cc1. The fourth-order valence-electron chi connectivity index (χ4n) is 1.06. The lowest BCUT2D eigenvalue weighted by Crippen LogP contribution is -2.19. The third-order valence-corrected chi connectivity index (χ3v) is 1.87. The summed E-state index contributed by atoms with van der Waals surface area (Å²) in [7, 11) is 1.31. The molecule has 0 unspecified atom stereocenters. The molecule has 0 fully saturated rings. The number of hydrogen-bond acceptors (Lipinski definition) is 4. The standard InChI is InChI=1S/C12H13NO4/c1-16-12(15)7-4-9-2-5-10(6-3-9)17-8-11(13)14/h2-7H,8H2,1H3,(H2,13,14)/b7-4+. The van der Waals surface area contributed by atoms with Crippen LogP contribution in [0.4, 0.5) is 0 Å². The van der Waals surface area contributed by atoms with Gasteiger partial charge in [-0.25, -0.2) is 4.79 Å². The zero-order valence-electron chi connectivity index (χ0n) is 9.38. The monoisotopic (exact) mass is 235 g/mol. The van der Waals surface area contributed by atoms with Crippen molar-refractivity contribution in [3.63, 3.8) is 0 Å². The highest BCUT2D eigenvalue weighted by molar-refractivity contribution is 5.86. The average Bonchev–Trinajstić information content (AvgIpc) is 2.34. The molecule has 0 aromatic heterocycles. The molecule has 0 aliphatic rings. The van der Waals surface area contributed by atoms with E-state index >= 15 is 0 Å². The molecule has 0 saturated heterocycles. The molecule has 1 aromatic carbocycles. The molecule has 0 saturated carbocycles. The number of ether oxygens (including phenoxy) is 2. The van der Waals surface area contributed by atoms with Crippen LogP contribution in [0.2, 0.25) is 0 Å². The van der Waals surface area contributed by atoms with E-state index in [1.165, 1.54) is 13.2 Å². The molecule has 2 N–H and O–H groups in total. The van der Waals surface area contributed by atoms with Gasteiger partial charge in [-0.2, -0.15) is 0 Å². The summed E-state index contributed by atoms with van der Waals surface area (Å²) in [6.45, 7) is -0.155. The zero-order chi connectivity index (χ0) is 12.7. The van der Waals surface area contributed by atoms with Crippen LogP contribution in [-0.4, -0.2) is 25.6 Å². The number of primary amides is 1. The van der Waals surface area contributed by atoms with Gasteiger partial charge in [0.05, 0.1) is 7.11 Å². The molecule has 1 aromatic rings. The van der Waals surface area contributed by atoms with Crippen molar-refractivity contribution in [1.82, 2.24) is 0 Å². The summed E-state index contributed by atoms with van der Waals surface area (Å²) in [6, 6.07) is 6.85. The number of esters is 1. The van der Waals surface area contributed by atoms with Crippen LogP contribution in [0.1, 0.15) is 5.56 Å². The van der Waals surface area contributed by atoms with Crippen molar-refractivity contribution in [1.29, 1.82) is 0 Å². The van der Waals surface area contributed by atoms with Gasteiger partial charge in [0.1, 0.15) is 5.75 Å². The first-order chi connectivity index (χ1) is 8.11. The molecule has 5 heteroatoms. The molecular weight excluding hydrogens is 222 g/mol. The molecule has 17 heavy (non-hydrogen) atoms. The summed E-state index contributed by atoms with van der Waals surface area (Å²) in [5, 5.41) is 0. The first kappa shape index (κ1) is 12.8. The second-order valence-electron chi connectivity index (χ2n) is 3.18. The molecule has 0 aliphatic carbocycles. The third-order valence-electron chi connectivity index (χ3n) is 1.87. The lowest BCUT2D eigenvalue weighted by molar-refractivity contribution is -0.134. The van der Waals surface area contributed by atoms with Crippen LogP contribution in [0.25, 0.3) is 6.08 Å². The molecule has 0 bridgehead atoms. The first-order valence-electron chi connectivity index (χ1n) is 4.89. The van der Waals surface area contributed by atoms with Gasteiger partial charge in [0.15, 0.2) is 6.61 Å². The smallest absolute Gasteiger partial charge is 0.330 e. The highest BCUT2D eigenvalue weighted by Crippen LogP contribution is 2.12. The van der Waals surface area contributed by atoms with Crippen LogP contribution in [0, 0.1) is 0 Å². The highest BCUT2D eigenvalue weighted by Gasteiger charge is 1.97. The number of nitrogens with two attached hydrogens (primary N) is 1. The second-order valence-corrected chi connectivity index (χ2v) is 3.18. The molecule has 1 rings (SSSR count). The van der Waals surface area contributed by atoms with Gasteiger partial charge in [0.25, 0.3) is 5.91 Å². The van der Waals surface area contributed by atoms with Crippen LogP contribution in [0.15, 0.2) is 30.3 Å². The molecule has 0 aliphatic heterocycles. The van der Waals surface area contributed by atoms with E-state index in [-0.39, 0.29) is 6.61 Å². The van der Waals surface area contributed by atoms with Gasteiger partial charge in [0, 0.05) is 6.08 Å². The zero-order valence-corrected chi connectivity index (χ0v) is 9.38. The second kappa shape index (κ2) is 6.32. The molecule has 5 nitrogen and oxygen atoms in total. The Morgan fingerprint density at radius 2 is 1.94 bits per heavy atom. The van der Waals surface area contributed by atoms with E-state index < -0.39 is 11.9 Å². The van der Waals surface area contributed by atoms with E-state index in [1.807, 2.05) is 0 Å². The Hall–Kier alpha value is -2.30. The van der Waals surface area contributed by atoms with Gasteiger partial charge < -0.3 is 15.2 Å². The predicted octanol–water partition coefficient (Wildman–Crippen LogP) is 0.737. The van der Waals surface area contributed by atoms with Gasteiger partial charge in [-0.05, 0) is 23.8 Å².